The fraction of sp³-hybridized carbons (Fsp3) is 0.462. The molecule has 2 rings (SSSR count). The lowest BCUT2D eigenvalue weighted by atomic mass is 9.85. The topological polar surface area (TPSA) is 61.8 Å². The molecule has 3 N–H and O–H groups in total. The maximum absolute atomic E-state index is 9.05. The number of nitrogens with zero attached hydrogens (tertiary/aromatic N) is 1. The van der Waals surface area contributed by atoms with Crippen LogP contribution in [0, 0.1) is 17.2 Å². The average molecular weight is 252 g/mol. The van der Waals surface area contributed by atoms with Crippen LogP contribution >= 0.6 is 12.4 Å². The van der Waals surface area contributed by atoms with Gasteiger partial charge in [0.2, 0.25) is 0 Å². The van der Waals surface area contributed by atoms with E-state index >= 15 is 0 Å². The van der Waals surface area contributed by atoms with Gasteiger partial charge in [0.1, 0.15) is 0 Å². The second kappa shape index (κ2) is 6.61. The van der Waals surface area contributed by atoms with Crippen LogP contribution in [0.15, 0.2) is 24.3 Å². The van der Waals surface area contributed by atoms with E-state index in [1.165, 1.54) is 0 Å². The van der Waals surface area contributed by atoms with E-state index < -0.39 is 0 Å². The van der Waals surface area contributed by atoms with Gasteiger partial charge in [-0.15, -0.1) is 12.4 Å². The van der Waals surface area contributed by atoms with E-state index in [0.717, 1.165) is 31.5 Å². The van der Waals surface area contributed by atoms with Gasteiger partial charge < -0.3 is 11.1 Å². The average Bonchev–Trinajstić information content (AvgIpc) is 2.39. The summed E-state index contributed by atoms with van der Waals surface area (Å²) in [5.74, 6) is 0.496. The first-order valence-corrected chi connectivity index (χ1v) is 5.78. The van der Waals surface area contributed by atoms with Crippen molar-refractivity contribution in [1.29, 1.82) is 5.26 Å². The van der Waals surface area contributed by atoms with Gasteiger partial charge in [-0.3, -0.25) is 0 Å². The van der Waals surface area contributed by atoms with Gasteiger partial charge in [0, 0.05) is 6.04 Å². The predicted octanol–water partition coefficient (Wildman–Crippen LogP) is 1.98. The van der Waals surface area contributed by atoms with Gasteiger partial charge in [0.05, 0.1) is 11.6 Å². The molecule has 0 aromatic heterocycles. The van der Waals surface area contributed by atoms with E-state index in [1.807, 2.05) is 24.3 Å². The third-order valence-corrected chi connectivity index (χ3v) is 3.33. The number of nitrogens with one attached hydrogen (secondary N) is 1. The van der Waals surface area contributed by atoms with E-state index in [2.05, 4.69) is 11.4 Å². The molecule has 0 radical (unpaired) electrons. The van der Waals surface area contributed by atoms with Gasteiger partial charge in [-0.1, -0.05) is 18.2 Å². The highest BCUT2D eigenvalue weighted by molar-refractivity contribution is 5.85. The molecule has 0 spiro atoms. The molecule has 1 aromatic rings. The Balaban J connectivity index is 0.00000144. The number of benzene rings is 1. The molecule has 1 heterocycles. The van der Waals surface area contributed by atoms with E-state index in [0.29, 0.717) is 11.5 Å². The molecule has 1 aromatic carbocycles. The summed E-state index contributed by atoms with van der Waals surface area (Å²) >= 11 is 0. The van der Waals surface area contributed by atoms with E-state index in [4.69, 9.17) is 11.0 Å². The third-order valence-electron chi connectivity index (χ3n) is 3.33. The second-order valence-electron chi connectivity index (χ2n) is 4.31. The Morgan fingerprint density at radius 3 is 2.59 bits per heavy atom. The lowest BCUT2D eigenvalue weighted by molar-refractivity contribution is 0.322. The zero-order valence-corrected chi connectivity index (χ0v) is 10.5. The quantitative estimate of drug-likeness (QED) is 0.845. The first-order valence-electron chi connectivity index (χ1n) is 5.78. The summed E-state index contributed by atoms with van der Waals surface area (Å²) in [5, 5.41) is 12.4. The molecule has 3 nitrogen and oxygen atoms in total. The normalized spacial score (nSPS) is 17.9. The maximum atomic E-state index is 9.05. The van der Waals surface area contributed by atoms with Crippen molar-refractivity contribution in [3.8, 4) is 6.07 Å². The van der Waals surface area contributed by atoms with Crippen LogP contribution in [0.4, 0.5) is 0 Å². The first-order chi connectivity index (χ1) is 7.83. The molecule has 0 aliphatic carbocycles. The minimum atomic E-state index is -0.00190. The Bertz CT molecular complexity index is 394. The Kier molecular flexibility index (Phi) is 5.43. The fourth-order valence-electron chi connectivity index (χ4n) is 2.35. The molecule has 4 heteroatoms. The van der Waals surface area contributed by atoms with E-state index in [9.17, 15) is 0 Å². The Morgan fingerprint density at radius 1 is 1.29 bits per heavy atom. The van der Waals surface area contributed by atoms with Gasteiger partial charge in [-0.2, -0.15) is 5.26 Å². The number of nitriles is 1. The number of rotatable bonds is 2. The molecule has 17 heavy (non-hydrogen) atoms. The highest BCUT2D eigenvalue weighted by Crippen LogP contribution is 2.28. The van der Waals surface area contributed by atoms with Crippen molar-refractivity contribution in [2.24, 2.45) is 11.7 Å². The van der Waals surface area contributed by atoms with Crippen LogP contribution < -0.4 is 11.1 Å². The van der Waals surface area contributed by atoms with Crippen molar-refractivity contribution in [2.75, 3.05) is 13.1 Å². The molecule has 1 atom stereocenters. The molecular weight excluding hydrogens is 234 g/mol. The molecule has 1 aliphatic rings. The third kappa shape index (κ3) is 3.19. The number of hydrogen-bond acceptors (Lipinski definition) is 3. The summed E-state index contributed by atoms with van der Waals surface area (Å²) in [7, 11) is 0. The van der Waals surface area contributed by atoms with Gasteiger partial charge in [-0.25, -0.2) is 0 Å². The fourth-order valence-corrected chi connectivity index (χ4v) is 2.35. The van der Waals surface area contributed by atoms with Crippen molar-refractivity contribution in [3.63, 3.8) is 0 Å². The molecule has 1 saturated heterocycles. The summed E-state index contributed by atoms with van der Waals surface area (Å²) in [6.07, 6.45) is 2.20. The van der Waals surface area contributed by atoms with Crippen LogP contribution in [0.3, 0.4) is 0 Å². The van der Waals surface area contributed by atoms with Crippen LogP contribution in [-0.2, 0) is 0 Å². The maximum Gasteiger partial charge on any atom is 0.0995 e. The van der Waals surface area contributed by atoms with E-state index in [-0.39, 0.29) is 18.4 Å². The second-order valence-corrected chi connectivity index (χ2v) is 4.31. The highest BCUT2D eigenvalue weighted by atomic mass is 35.5. The smallest absolute Gasteiger partial charge is 0.0995 e. The molecule has 0 saturated carbocycles. The molecule has 1 aliphatic heterocycles. The summed E-state index contributed by atoms with van der Waals surface area (Å²) < 4.78 is 0. The van der Waals surface area contributed by atoms with Gasteiger partial charge in [0.25, 0.3) is 0 Å². The molecule has 0 amide bonds. The van der Waals surface area contributed by atoms with Crippen LogP contribution in [0.5, 0.6) is 0 Å². The summed E-state index contributed by atoms with van der Waals surface area (Å²) in [4.78, 5) is 0. The molecule has 92 valence electrons. The van der Waals surface area contributed by atoms with Gasteiger partial charge >= 0.3 is 0 Å². The lowest BCUT2D eigenvalue weighted by Gasteiger charge is -2.28. The molecule has 1 fully saturated rings. The van der Waals surface area contributed by atoms with Gasteiger partial charge in [0.15, 0.2) is 0 Å². The Morgan fingerprint density at radius 2 is 1.94 bits per heavy atom. The largest absolute Gasteiger partial charge is 0.324 e. The number of hydrogen-bond donors (Lipinski definition) is 2. The van der Waals surface area contributed by atoms with Gasteiger partial charge in [-0.05, 0) is 43.5 Å². The number of halogens is 1. The van der Waals surface area contributed by atoms with Crippen LogP contribution in [0.2, 0.25) is 0 Å². The van der Waals surface area contributed by atoms with Crippen LogP contribution in [0.1, 0.15) is 30.0 Å². The summed E-state index contributed by atoms with van der Waals surface area (Å²) in [6.45, 7) is 2.07. The highest BCUT2D eigenvalue weighted by Gasteiger charge is 2.23. The number of nitrogens with two attached hydrogens (primary N) is 1. The predicted molar refractivity (Wildman–Crippen MR) is 70.9 cm³/mol. The first kappa shape index (κ1) is 14.0. The Labute approximate surface area is 108 Å². The van der Waals surface area contributed by atoms with Crippen LogP contribution in [-0.4, -0.2) is 13.1 Å². The zero-order valence-electron chi connectivity index (χ0n) is 9.73. The van der Waals surface area contributed by atoms with Crippen molar-refractivity contribution >= 4 is 12.4 Å². The van der Waals surface area contributed by atoms with Crippen molar-refractivity contribution in [3.05, 3.63) is 35.4 Å². The zero-order chi connectivity index (χ0) is 11.4. The van der Waals surface area contributed by atoms with Crippen molar-refractivity contribution in [1.82, 2.24) is 5.32 Å². The van der Waals surface area contributed by atoms with Crippen molar-refractivity contribution in [2.45, 2.75) is 18.9 Å². The standard InChI is InChI=1S/C13H17N3.ClH/c14-9-11-3-1-2-4-12(11)13(15)10-5-7-16-8-6-10;/h1-4,10,13,16H,5-8,15H2;1H/t13-;/m1./s1. The molecular formula is C13H18ClN3. The summed E-state index contributed by atoms with van der Waals surface area (Å²) in [5.41, 5.74) is 7.98. The minimum Gasteiger partial charge on any atom is -0.324 e. The SMILES string of the molecule is Cl.N#Cc1ccccc1[C@H](N)C1CCNCC1. The Hall–Kier alpha value is -1.08. The monoisotopic (exact) mass is 251 g/mol. The van der Waals surface area contributed by atoms with Crippen LogP contribution in [0.25, 0.3) is 0 Å². The minimum absolute atomic E-state index is 0. The van der Waals surface area contributed by atoms with E-state index in [1.54, 1.807) is 0 Å². The van der Waals surface area contributed by atoms with Crippen molar-refractivity contribution < 1.29 is 0 Å². The number of piperidine rings is 1. The molecule has 0 bridgehead atoms. The molecule has 0 unspecified atom stereocenters. The summed E-state index contributed by atoms with van der Waals surface area (Å²) in [6, 6.07) is 9.88. The lowest BCUT2D eigenvalue weighted by Crippen LogP contribution is -2.34.